The summed E-state index contributed by atoms with van der Waals surface area (Å²) in [6, 6.07) is 144. The number of hydrogen-bond acceptors (Lipinski definition) is 11. The average molecular weight is 1800 g/mol. The van der Waals surface area contributed by atoms with Crippen molar-refractivity contribution in [3.63, 3.8) is 0 Å². The minimum atomic E-state index is -0.399. The van der Waals surface area contributed by atoms with Crippen molar-refractivity contribution in [3.8, 4) is 0 Å². The molecule has 0 aliphatic carbocycles. The summed E-state index contributed by atoms with van der Waals surface area (Å²) in [5.74, 6) is 0. The Balaban J connectivity index is 0.824. The summed E-state index contributed by atoms with van der Waals surface area (Å²) in [5.41, 5.74) is 50.7. The SMILES string of the molecule is Cc1ccc(N(c2ccc(C)cc2)c2cc3c4c(c2)N(c2ccccc2)c2c(sc5ccccc25)B4c2cc4c(cc2N3)N(c2c(C)cc(C)cc2C)c2cc(N(c3ccccc3)c3ccccc3)cc3c2B4c2cc4c(cc2N3c2c(C)cc(C)cc2C)N(c2c(C)cc(C)cc2C)c2cc(N(c3ccccc3)c3ccccc3)cc3c2B4c2sc4ccccc4c2N3c2ccccc2)cc1. The number of thiophene rings is 2. The van der Waals surface area contributed by atoms with Gasteiger partial charge in [0.15, 0.2) is 0 Å². The monoisotopic (exact) mass is 1800 g/mol. The lowest BCUT2D eigenvalue weighted by Gasteiger charge is -2.48. The van der Waals surface area contributed by atoms with E-state index in [1.54, 1.807) is 0 Å². The third-order valence-electron chi connectivity index (χ3n) is 29.3. The normalized spacial score (nSPS) is 13.2. The molecule has 6 aliphatic rings. The van der Waals surface area contributed by atoms with Crippen molar-refractivity contribution in [1.82, 2.24) is 0 Å². The van der Waals surface area contributed by atoms with Gasteiger partial charge in [0.2, 0.25) is 0 Å². The molecule has 18 aromatic carbocycles. The number of hydrogen-bond donors (Lipinski definition) is 1. The van der Waals surface area contributed by atoms with Crippen LogP contribution in [0.1, 0.15) is 61.2 Å². The van der Waals surface area contributed by atoms with Gasteiger partial charge in [-0.2, -0.15) is 0 Å². The van der Waals surface area contributed by atoms with Crippen LogP contribution in [0.15, 0.2) is 376 Å². The van der Waals surface area contributed by atoms with Crippen molar-refractivity contribution < 1.29 is 0 Å². The summed E-state index contributed by atoms with van der Waals surface area (Å²) < 4.78 is 5.11. The van der Waals surface area contributed by atoms with Gasteiger partial charge in [0.25, 0.3) is 20.1 Å². The number of fused-ring (bicyclic) bond motifs is 16. The minimum absolute atomic E-state index is 0.240. The number of anilines is 26. The Morgan fingerprint density at radius 2 is 0.504 bits per heavy atom. The van der Waals surface area contributed by atoms with Crippen molar-refractivity contribution in [2.45, 2.75) is 76.2 Å². The van der Waals surface area contributed by atoms with Crippen LogP contribution in [0.5, 0.6) is 0 Å². The first kappa shape index (κ1) is 82.0. The molecule has 6 aliphatic heterocycles. The summed E-state index contributed by atoms with van der Waals surface area (Å²) in [7, 11) is 0. The highest BCUT2D eigenvalue weighted by Gasteiger charge is 2.53. The number of rotatable bonds is 14. The van der Waals surface area contributed by atoms with E-state index >= 15 is 0 Å². The van der Waals surface area contributed by atoms with Crippen molar-refractivity contribution in [1.29, 1.82) is 0 Å². The maximum atomic E-state index is 4.48. The standard InChI is InChI=1S/C123H96B3N9S2/c1-74-50-54-91(55-51-74)130(92-56-52-75(2)53-57-92)93-64-103-114-107(65-93)131(89-42-26-16-27-43-89)120-96-46-30-32-48-112(96)136-122(120)125(114)98-70-99-104(72-102(98)127-103)133(117-79(6)58-76(3)59-80(117)7)109-67-95(129(87-38-22-14-23-39-87)88-40-24-15-25-41-88)68-110-115(109)124(99)100-71-101-106(73-105(100)134(110)118-81(8)60-77(4)61-82(118)9)135(119-83(10)62-78(5)63-84(119)11)111-69-94(128(85-34-18-12-19-35-85)86-36-20-13-21-37-86)66-108-116(111)126(101)123-121(97-47-31-33-49-113(97)137-123)132(108)90-44-28-17-29-45-90/h12-73,127H,1-11H3. The summed E-state index contributed by atoms with van der Waals surface area (Å²) in [4.78, 5) is 20.9. The Labute approximate surface area is 810 Å². The number of aryl methyl sites for hydroxylation is 11. The van der Waals surface area contributed by atoms with Gasteiger partial charge in [0.05, 0.1) is 45.5 Å². The van der Waals surface area contributed by atoms with E-state index in [0.29, 0.717) is 0 Å². The highest BCUT2D eigenvalue weighted by Crippen LogP contribution is 2.58. The lowest BCUT2D eigenvalue weighted by Crippen LogP contribution is -2.66. The predicted molar refractivity (Wildman–Crippen MR) is 590 cm³/mol. The van der Waals surface area contributed by atoms with Gasteiger partial charge in [-0.15, -0.1) is 22.7 Å². The van der Waals surface area contributed by atoms with E-state index in [-0.39, 0.29) is 13.4 Å². The third kappa shape index (κ3) is 12.8. The molecule has 9 nitrogen and oxygen atoms in total. The predicted octanol–water partition coefficient (Wildman–Crippen LogP) is 28.4. The Hall–Kier alpha value is -15.7. The van der Waals surface area contributed by atoms with Gasteiger partial charge in [0, 0.05) is 132 Å². The summed E-state index contributed by atoms with van der Waals surface area (Å²) in [6.45, 7) is 24.3. The topological polar surface area (TPSA) is 38.0 Å². The maximum absolute atomic E-state index is 4.48. The molecule has 0 unspecified atom stereocenters. The third-order valence-corrected chi connectivity index (χ3v) is 31.7. The molecule has 0 radical (unpaired) electrons. The molecule has 1 N–H and O–H groups in total. The summed E-state index contributed by atoms with van der Waals surface area (Å²) in [5, 5.41) is 6.94. The fraction of sp³-hybridized carbons (Fsp3) is 0.0894. The van der Waals surface area contributed by atoms with Crippen molar-refractivity contribution in [2.75, 3.05) is 44.5 Å². The van der Waals surface area contributed by atoms with Gasteiger partial charge >= 0.3 is 0 Å². The first-order valence-electron chi connectivity index (χ1n) is 47.8. The van der Waals surface area contributed by atoms with Crippen molar-refractivity contribution in [3.05, 3.63) is 437 Å². The van der Waals surface area contributed by atoms with E-state index in [0.717, 1.165) is 136 Å². The van der Waals surface area contributed by atoms with Crippen LogP contribution in [0, 0.1) is 76.2 Å². The zero-order valence-electron chi connectivity index (χ0n) is 78.4. The van der Waals surface area contributed by atoms with Crippen LogP contribution < -0.4 is 92.3 Å². The molecule has 0 amide bonds. The molecule has 0 bridgehead atoms. The van der Waals surface area contributed by atoms with Crippen LogP contribution in [-0.2, 0) is 0 Å². The maximum Gasteiger partial charge on any atom is 0.264 e. The van der Waals surface area contributed by atoms with Crippen LogP contribution in [0.4, 0.5) is 148 Å². The second-order valence-electron chi connectivity index (χ2n) is 38.3. The molecule has 0 saturated heterocycles. The van der Waals surface area contributed by atoms with E-state index in [1.165, 1.54) is 141 Å². The molecular weight excluding hydrogens is 1700 g/mol. The zero-order valence-corrected chi connectivity index (χ0v) is 80.1. The summed E-state index contributed by atoms with van der Waals surface area (Å²) in [6.07, 6.45) is 0. The molecule has 2 aromatic heterocycles. The fourth-order valence-corrected chi connectivity index (χ4v) is 26.7. The van der Waals surface area contributed by atoms with Gasteiger partial charge < -0.3 is 44.5 Å². The van der Waals surface area contributed by atoms with Crippen LogP contribution in [0.3, 0.4) is 0 Å². The average Bonchev–Trinajstić information content (AvgIpc) is 1.58. The Morgan fingerprint density at radius 1 is 0.212 bits per heavy atom. The van der Waals surface area contributed by atoms with Crippen molar-refractivity contribution in [2.24, 2.45) is 0 Å². The Bertz CT molecular complexity index is 8190. The van der Waals surface area contributed by atoms with Crippen LogP contribution in [0.2, 0.25) is 0 Å². The molecule has 0 spiro atoms. The van der Waals surface area contributed by atoms with E-state index in [4.69, 9.17) is 0 Å². The summed E-state index contributed by atoms with van der Waals surface area (Å²) >= 11 is 3.91. The first-order chi connectivity index (χ1) is 67.0. The van der Waals surface area contributed by atoms with E-state index in [1.807, 2.05) is 22.7 Å². The second kappa shape index (κ2) is 31.7. The smallest absolute Gasteiger partial charge is 0.264 e. The number of nitrogens with one attached hydrogen (secondary N) is 1. The van der Waals surface area contributed by atoms with Crippen LogP contribution in [-0.4, -0.2) is 20.1 Å². The molecule has 8 heterocycles. The quantitative estimate of drug-likeness (QED) is 0.107. The molecule has 654 valence electrons. The number of para-hydroxylation sites is 6. The van der Waals surface area contributed by atoms with E-state index < -0.39 is 6.71 Å². The van der Waals surface area contributed by atoms with Gasteiger partial charge in [0.1, 0.15) is 0 Å². The highest BCUT2D eigenvalue weighted by molar-refractivity contribution is 7.34. The highest BCUT2D eigenvalue weighted by atomic mass is 32.1. The van der Waals surface area contributed by atoms with E-state index in [9.17, 15) is 0 Å². The molecule has 20 aromatic rings. The molecule has 14 heteroatoms. The Kier molecular flexibility index (Phi) is 19.0. The minimum Gasteiger partial charge on any atom is -0.356 e. The molecule has 26 rings (SSSR count). The lowest BCUT2D eigenvalue weighted by atomic mass is 9.30. The fourth-order valence-electron chi connectivity index (χ4n) is 24.1. The first-order valence-corrected chi connectivity index (χ1v) is 49.4. The molecule has 0 saturated carbocycles. The molecule has 0 atom stereocenters. The van der Waals surface area contributed by atoms with E-state index in [2.05, 4.69) is 497 Å². The van der Waals surface area contributed by atoms with Crippen LogP contribution in [0.25, 0.3) is 20.2 Å². The molecule has 137 heavy (non-hydrogen) atoms. The second-order valence-corrected chi connectivity index (χ2v) is 40.5. The number of benzene rings is 18. The van der Waals surface area contributed by atoms with Gasteiger partial charge in [-0.05, 0) is 306 Å². The largest absolute Gasteiger partial charge is 0.356 e. The molecular formula is C123H96B3N9S2. The molecule has 0 fully saturated rings. The number of nitrogens with zero attached hydrogens (tertiary/aromatic N) is 8. The zero-order chi connectivity index (χ0) is 92.2. The lowest BCUT2D eigenvalue weighted by molar-refractivity contribution is 1.17. The van der Waals surface area contributed by atoms with Crippen molar-refractivity contribution >= 4 is 259 Å². The van der Waals surface area contributed by atoms with Gasteiger partial charge in [-0.25, -0.2) is 0 Å². The van der Waals surface area contributed by atoms with Gasteiger partial charge in [-0.3, -0.25) is 0 Å². The Morgan fingerprint density at radius 3 is 0.883 bits per heavy atom. The van der Waals surface area contributed by atoms with Crippen LogP contribution >= 0.6 is 22.7 Å². The van der Waals surface area contributed by atoms with Gasteiger partial charge in [-0.1, -0.05) is 246 Å².